The SMILES string of the molecule is N#CSc1cc(F)ccc1F. The van der Waals surface area contributed by atoms with Gasteiger partial charge >= 0.3 is 0 Å². The zero-order chi connectivity index (χ0) is 8.27. The number of thioether (sulfide) groups is 1. The second-order valence-electron chi connectivity index (χ2n) is 1.77. The average Bonchev–Trinajstić information content (AvgIpc) is 1.98. The molecule has 0 atom stereocenters. The van der Waals surface area contributed by atoms with E-state index in [0.29, 0.717) is 11.8 Å². The van der Waals surface area contributed by atoms with Crippen LogP contribution in [0.1, 0.15) is 0 Å². The summed E-state index contributed by atoms with van der Waals surface area (Å²) in [7, 11) is 0. The normalized spacial score (nSPS) is 9.18. The van der Waals surface area contributed by atoms with Crippen LogP contribution in [0.4, 0.5) is 8.78 Å². The van der Waals surface area contributed by atoms with Crippen molar-refractivity contribution in [3.8, 4) is 5.40 Å². The predicted molar refractivity (Wildman–Crippen MR) is 37.8 cm³/mol. The van der Waals surface area contributed by atoms with E-state index in [9.17, 15) is 8.78 Å². The van der Waals surface area contributed by atoms with Gasteiger partial charge in [0.2, 0.25) is 0 Å². The second-order valence-corrected chi connectivity index (χ2v) is 2.59. The molecule has 0 spiro atoms. The average molecular weight is 171 g/mol. The molecule has 1 nitrogen and oxygen atoms in total. The lowest BCUT2D eigenvalue weighted by Gasteiger charge is -1.94. The molecule has 0 fully saturated rings. The van der Waals surface area contributed by atoms with E-state index < -0.39 is 11.6 Å². The molecule has 4 heteroatoms. The van der Waals surface area contributed by atoms with Gasteiger partial charge in [-0.25, -0.2) is 8.78 Å². The highest BCUT2D eigenvalue weighted by atomic mass is 32.2. The number of thiocyanates is 1. The van der Waals surface area contributed by atoms with Crippen LogP contribution in [0.15, 0.2) is 23.1 Å². The summed E-state index contributed by atoms with van der Waals surface area (Å²) >= 11 is 0.607. The summed E-state index contributed by atoms with van der Waals surface area (Å²) in [5.41, 5.74) is 0. The van der Waals surface area contributed by atoms with Gasteiger partial charge in [0.25, 0.3) is 0 Å². The van der Waals surface area contributed by atoms with Crippen LogP contribution in [0.5, 0.6) is 0 Å². The fourth-order valence-corrected chi connectivity index (χ4v) is 1.04. The summed E-state index contributed by atoms with van der Waals surface area (Å²) < 4.78 is 25.0. The first-order valence-corrected chi connectivity index (χ1v) is 3.56. The molecular formula is C7H3F2NS. The minimum atomic E-state index is -0.571. The van der Waals surface area contributed by atoms with Crippen molar-refractivity contribution in [3.05, 3.63) is 29.8 Å². The molecule has 0 aliphatic heterocycles. The number of hydrogen-bond donors (Lipinski definition) is 0. The summed E-state index contributed by atoms with van der Waals surface area (Å²) in [5.74, 6) is -1.11. The van der Waals surface area contributed by atoms with E-state index in [4.69, 9.17) is 5.26 Å². The van der Waals surface area contributed by atoms with Gasteiger partial charge in [0.05, 0.1) is 4.90 Å². The Morgan fingerprint density at radius 3 is 2.73 bits per heavy atom. The lowest BCUT2D eigenvalue weighted by atomic mass is 10.3. The second kappa shape index (κ2) is 3.35. The van der Waals surface area contributed by atoms with Crippen molar-refractivity contribution in [2.75, 3.05) is 0 Å². The lowest BCUT2D eigenvalue weighted by Crippen LogP contribution is -1.81. The van der Waals surface area contributed by atoms with Gasteiger partial charge in [0, 0.05) is 0 Å². The fraction of sp³-hybridized carbons (Fsp3) is 0. The van der Waals surface area contributed by atoms with Gasteiger partial charge < -0.3 is 0 Å². The van der Waals surface area contributed by atoms with Crippen molar-refractivity contribution in [3.63, 3.8) is 0 Å². The van der Waals surface area contributed by atoms with E-state index in [-0.39, 0.29) is 4.90 Å². The topological polar surface area (TPSA) is 23.8 Å². The quantitative estimate of drug-likeness (QED) is 0.479. The maximum Gasteiger partial charge on any atom is 0.138 e. The van der Waals surface area contributed by atoms with Crippen molar-refractivity contribution in [2.45, 2.75) is 4.90 Å². The monoisotopic (exact) mass is 171 g/mol. The summed E-state index contributed by atoms with van der Waals surface area (Å²) in [5, 5.41) is 9.82. The molecule has 0 saturated carbocycles. The molecule has 0 amide bonds. The van der Waals surface area contributed by atoms with Crippen LogP contribution in [0.25, 0.3) is 0 Å². The molecule has 0 saturated heterocycles. The first-order chi connectivity index (χ1) is 5.24. The molecule has 0 radical (unpaired) electrons. The molecule has 0 aliphatic rings. The highest BCUT2D eigenvalue weighted by molar-refractivity contribution is 8.03. The van der Waals surface area contributed by atoms with E-state index in [1.807, 2.05) is 0 Å². The number of nitriles is 1. The molecule has 0 heterocycles. The molecule has 0 bridgehead atoms. The van der Waals surface area contributed by atoms with Crippen LogP contribution in [-0.4, -0.2) is 0 Å². The van der Waals surface area contributed by atoms with Gasteiger partial charge in [-0.1, -0.05) is 0 Å². The maximum absolute atomic E-state index is 12.6. The van der Waals surface area contributed by atoms with Crippen LogP contribution in [0.3, 0.4) is 0 Å². The molecule has 0 unspecified atom stereocenters. The van der Waals surface area contributed by atoms with Gasteiger partial charge in [-0.3, -0.25) is 0 Å². The van der Waals surface area contributed by atoms with Crippen LogP contribution < -0.4 is 0 Å². The third kappa shape index (κ3) is 1.92. The first-order valence-electron chi connectivity index (χ1n) is 2.75. The summed E-state index contributed by atoms with van der Waals surface area (Å²) in [6, 6.07) is 3.00. The third-order valence-electron chi connectivity index (χ3n) is 1.05. The van der Waals surface area contributed by atoms with Crippen LogP contribution in [0, 0.1) is 22.3 Å². The van der Waals surface area contributed by atoms with Crippen molar-refractivity contribution in [1.82, 2.24) is 0 Å². The molecule has 0 aliphatic carbocycles. The third-order valence-corrected chi connectivity index (χ3v) is 1.67. The lowest BCUT2D eigenvalue weighted by molar-refractivity contribution is 0.577. The summed E-state index contributed by atoms with van der Waals surface area (Å²) in [6.07, 6.45) is 0. The number of hydrogen-bond acceptors (Lipinski definition) is 2. The van der Waals surface area contributed by atoms with Gasteiger partial charge in [-0.2, -0.15) is 5.26 Å². The smallest absolute Gasteiger partial charge is 0.138 e. The maximum atomic E-state index is 12.6. The van der Waals surface area contributed by atoms with Gasteiger partial charge in [-0.15, -0.1) is 0 Å². The molecule has 1 aromatic rings. The Hall–Kier alpha value is -1.08. The Labute approximate surface area is 66.6 Å². The van der Waals surface area contributed by atoms with Crippen molar-refractivity contribution in [2.24, 2.45) is 0 Å². The highest BCUT2D eigenvalue weighted by Crippen LogP contribution is 2.20. The van der Waals surface area contributed by atoms with E-state index in [1.165, 1.54) is 0 Å². The molecule has 0 aromatic heterocycles. The minimum Gasteiger partial charge on any atom is -0.207 e. The van der Waals surface area contributed by atoms with Crippen molar-refractivity contribution < 1.29 is 8.78 Å². The standard InChI is InChI=1S/C7H3F2NS/c8-5-1-2-6(9)7(3-5)11-4-10/h1-3H. The predicted octanol–water partition coefficient (Wildman–Crippen LogP) is 2.54. The molecule has 1 aromatic carbocycles. The Kier molecular flexibility index (Phi) is 2.44. The van der Waals surface area contributed by atoms with Gasteiger partial charge in [-0.05, 0) is 30.0 Å². The number of benzene rings is 1. The molecular weight excluding hydrogens is 168 g/mol. The minimum absolute atomic E-state index is 0.0208. The zero-order valence-corrected chi connectivity index (χ0v) is 6.16. The van der Waals surface area contributed by atoms with Crippen molar-refractivity contribution >= 4 is 11.8 Å². The van der Waals surface area contributed by atoms with Crippen LogP contribution in [0.2, 0.25) is 0 Å². The van der Waals surface area contributed by atoms with E-state index >= 15 is 0 Å². The van der Waals surface area contributed by atoms with Crippen LogP contribution in [-0.2, 0) is 0 Å². The molecule has 1 rings (SSSR count). The van der Waals surface area contributed by atoms with E-state index in [0.717, 1.165) is 18.2 Å². The van der Waals surface area contributed by atoms with E-state index in [1.54, 1.807) is 5.40 Å². The first kappa shape index (κ1) is 8.02. The summed E-state index contributed by atoms with van der Waals surface area (Å²) in [4.78, 5) is 0.0208. The molecule has 0 N–H and O–H groups in total. The van der Waals surface area contributed by atoms with Gasteiger partial charge in [0.15, 0.2) is 0 Å². The Balaban J connectivity index is 3.05. The zero-order valence-electron chi connectivity index (χ0n) is 5.34. The summed E-state index contributed by atoms with van der Waals surface area (Å²) in [6.45, 7) is 0. The largest absolute Gasteiger partial charge is 0.207 e. The van der Waals surface area contributed by atoms with Crippen molar-refractivity contribution in [1.29, 1.82) is 5.26 Å². The molecule has 56 valence electrons. The Morgan fingerprint density at radius 1 is 1.36 bits per heavy atom. The van der Waals surface area contributed by atoms with Crippen LogP contribution >= 0.6 is 11.8 Å². The fourth-order valence-electron chi connectivity index (χ4n) is 0.605. The van der Waals surface area contributed by atoms with E-state index in [2.05, 4.69) is 0 Å². The Bertz CT molecular complexity index is 306. The molecule has 11 heavy (non-hydrogen) atoms. The number of rotatable bonds is 1. The number of halogens is 2. The number of nitrogens with zero attached hydrogens (tertiary/aromatic N) is 1. The highest BCUT2D eigenvalue weighted by Gasteiger charge is 2.02. The van der Waals surface area contributed by atoms with Gasteiger partial charge in [0.1, 0.15) is 17.0 Å². The Morgan fingerprint density at radius 2 is 2.09 bits per heavy atom.